The maximum absolute atomic E-state index is 9.61. The van der Waals surface area contributed by atoms with Gasteiger partial charge in [-0.2, -0.15) is 10.5 Å². The molecule has 0 spiro atoms. The Labute approximate surface area is 145 Å². The summed E-state index contributed by atoms with van der Waals surface area (Å²) in [5.74, 6) is 0.496. The van der Waals surface area contributed by atoms with E-state index in [0.29, 0.717) is 16.9 Å². The molecule has 3 aromatic rings. The van der Waals surface area contributed by atoms with Crippen LogP contribution < -0.4 is 10.5 Å². The van der Waals surface area contributed by atoms with E-state index in [1.54, 1.807) is 12.1 Å². The molecule has 4 nitrogen and oxygen atoms in total. The number of allylic oxidation sites excluding steroid dienone is 1. The van der Waals surface area contributed by atoms with Gasteiger partial charge >= 0.3 is 0 Å². The number of ether oxygens (including phenoxy) is 1. The molecule has 1 unspecified atom stereocenters. The number of nitriles is 2. The molecule has 0 aromatic heterocycles. The molecule has 4 rings (SSSR count). The summed E-state index contributed by atoms with van der Waals surface area (Å²) in [7, 11) is 0. The van der Waals surface area contributed by atoms with Crippen LogP contribution in [0.3, 0.4) is 0 Å². The van der Waals surface area contributed by atoms with Gasteiger partial charge in [-0.25, -0.2) is 0 Å². The van der Waals surface area contributed by atoms with Crippen LogP contribution in [0.15, 0.2) is 72.1 Å². The van der Waals surface area contributed by atoms with Gasteiger partial charge in [0.15, 0.2) is 0 Å². The van der Waals surface area contributed by atoms with E-state index in [1.165, 1.54) is 0 Å². The van der Waals surface area contributed by atoms with Crippen LogP contribution in [0.25, 0.3) is 10.8 Å². The first-order valence-electron chi connectivity index (χ1n) is 7.82. The first kappa shape index (κ1) is 14.8. The van der Waals surface area contributed by atoms with E-state index in [1.807, 2.05) is 48.5 Å². The summed E-state index contributed by atoms with van der Waals surface area (Å²) >= 11 is 0. The Morgan fingerprint density at radius 2 is 1.64 bits per heavy atom. The summed E-state index contributed by atoms with van der Waals surface area (Å²) < 4.78 is 5.83. The third kappa shape index (κ3) is 2.29. The Kier molecular flexibility index (Phi) is 3.38. The molecular formula is C21H13N3O. The van der Waals surface area contributed by atoms with E-state index in [9.17, 15) is 5.26 Å². The average Bonchev–Trinajstić information content (AvgIpc) is 2.67. The fourth-order valence-electron chi connectivity index (χ4n) is 3.28. The van der Waals surface area contributed by atoms with Crippen LogP contribution in [0.1, 0.15) is 22.6 Å². The molecule has 0 radical (unpaired) electrons. The number of hydrogen-bond acceptors (Lipinski definition) is 4. The van der Waals surface area contributed by atoms with Gasteiger partial charge in [0.2, 0.25) is 5.88 Å². The first-order valence-corrected chi connectivity index (χ1v) is 7.82. The van der Waals surface area contributed by atoms with Gasteiger partial charge in [-0.1, -0.05) is 48.5 Å². The Balaban J connectivity index is 1.98. The van der Waals surface area contributed by atoms with Gasteiger partial charge in [-0.15, -0.1) is 0 Å². The van der Waals surface area contributed by atoms with Crippen molar-refractivity contribution in [3.63, 3.8) is 0 Å². The Bertz CT molecular complexity index is 1100. The van der Waals surface area contributed by atoms with Gasteiger partial charge in [-0.3, -0.25) is 0 Å². The highest BCUT2D eigenvalue weighted by atomic mass is 16.5. The normalized spacial score (nSPS) is 15.8. The topological polar surface area (TPSA) is 82.8 Å². The maximum atomic E-state index is 9.61. The molecule has 0 saturated heterocycles. The molecule has 0 aliphatic carbocycles. The molecule has 1 aliphatic heterocycles. The lowest BCUT2D eigenvalue weighted by Crippen LogP contribution is -2.21. The predicted molar refractivity (Wildman–Crippen MR) is 94.4 cm³/mol. The molecule has 0 amide bonds. The van der Waals surface area contributed by atoms with Gasteiger partial charge in [0.1, 0.15) is 17.4 Å². The van der Waals surface area contributed by atoms with E-state index < -0.39 is 0 Å². The van der Waals surface area contributed by atoms with Crippen LogP contribution in [0.2, 0.25) is 0 Å². The highest BCUT2D eigenvalue weighted by Crippen LogP contribution is 2.45. The third-order valence-electron chi connectivity index (χ3n) is 4.48. The predicted octanol–water partition coefficient (Wildman–Crippen LogP) is 3.93. The smallest absolute Gasteiger partial charge is 0.205 e. The lowest BCUT2D eigenvalue weighted by Gasteiger charge is -2.27. The molecule has 4 heteroatoms. The molecule has 0 fully saturated rings. The minimum absolute atomic E-state index is 0.126. The number of fused-ring (bicyclic) bond motifs is 3. The largest absolute Gasteiger partial charge is 0.440 e. The lowest BCUT2D eigenvalue weighted by molar-refractivity contribution is 0.398. The summed E-state index contributed by atoms with van der Waals surface area (Å²) in [6, 6.07) is 23.4. The van der Waals surface area contributed by atoms with Crippen molar-refractivity contribution in [2.75, 3.05) is 0 Å². The lowest BCUT2D eigenvalue weighted by atomic mass is 9.82. The SMILES string of the molecule is N#CC1=C(N)Oc2c(ccc3ccccc23)C1c1ccc(C#N)cc1. The van der Waals surface area contributed by atoms with Crippen molar-refractivity contribution in [2.45, 2.75) is 5.92 Å². The molecule has 0 bridgehead atoms. The highest BCUT2D eigenvalue weighted by Gasteiger charge is 2.31. The van der Waals surface area contributed by atoms with Crippen molar-refractivity contribution in [3.05, 3.63) is 88.8 Å². The van der Waals surface area contributed by atoms with Crippen molar-refractivity contribution in [1.29, 1.82) is 10.5 Å². The summed E-state index contributed by atoms with van der Waals surface area (Å²) in [5, 5.41) is 20.6. The van der Waals surface area contributed by atoms with E-state index in [2.05, 4.69) is 12.1 Å². The average molecular weight is 323 g/mol. The third-order valence-corrected chi connectivity index (χ3v) is 4.48. The van der Waals surface area contributed by atoms with Crippen LogP contribution >= 0.6 is 0 Å². The van der Waals surface area contributed by atoms with Crippen molar-refractivity contribution in [1.82, 2.24) is 0 Å². The van der Waals surface area contributed by atoms with Crippen LogP contribution in [-0.4, -0.2) is 0 Å². The van der Waals surface area contributed by atoms with E-state index in [-0.39, 0.29) is 11.8 Å². The van der Waals surface area contributed by atoms with E-state index in [4.69, 9.17) is 15.7 Å². The zero-order valence-corrected chi connectivity index (χ0v) is 13.2. The van der Waals surface area contributed by atoms with Crippen LogP contribution in [0.4, 0.5) is 0 Å². The first-order chi connectivity index (χ1) is 12.2. The Morgan fingerprint density at radius 1 is 0.880 bits per heavy atom. The Hall–Kier alpha value is -3.76. The van der Waals surface area contributed by atoms with E-state index in [0.717, 1.165) is 21.9 Å². The molecule has 1 atom stereocenters. The second-order valence-electron chi connectivity index (χ2n) is 5.86. The molecular weight excluding hydrogens is 310 g/mol. The summed E-state index contributed by atoms with van der Waals surface area (Å²) in [6.07, 6.45) is 0. The second kappa shape index (κ2) is 5.70. The second-order valence-corrected chi connectivity index (χ2v) is 5.86. The van der Waals surface area contributed by atoms with Gasteiger partial charge in [-0.05, 0) is 23.1 Å². The number of nitrogens with two attached hydrogens (primary N) is 1. The Morgan fingerprint density at radius 3 is 2.36 bits per heavy atom. The number of rotatable bonds is 1. The zero-order chi connectivity index (χ0) is 17.4. The fourth-order valence-corrected chi connectivity index (χ4v) is 3.28. The van der Waals surface area contributed by atoms with Crippen LogP contribution in [-0.2, 0) is 0 Å². The summed E-state index contributed by atoms with van der Waals surface area (Å²) in [4.78, 5) is 0. The molecule has 25 heavy (non-hydrogen) atoms. The summed E-state index contributed by atoms with van der Waals surface area (Å²) in [5.41, 5.74) is 8.82. The molecule has 1 heterocycles. The summed E-state index contributed by atoms with van der Waals surface area (Å²) in [6.45, 7) is 0. The molecule has 1 aliphatic rings. The number of hydrogen-bond donors (Lipinski definition) is 1. The molecule has 2 N–H and O–H groups in total. The van der Waals surface area contributed by atoms with Crippen molar-refractivity contribution in [2.24, 2.45) is 5.73 Å². The van der Waals surface area contributed by atoms with Crippen molar-refractivity contribution < 1.29 is 4.74 Å². The number of nitrogens with zero attached hydrogens (tertiary/aromatic N) is 2. The van der Waals surface area contributed by atoms with Gasteiger partial charge < -0.3 is 10.5 Å². The minimum atomic E-state index is -0.314. The van der Waals surface area contributed by atoms with Gasteiger partial charge in [0.25, 0.3) is 0 Å². The molecule has 118 valence electrons. The van der Waals surface area contributed by atoms with Gasteiger partial charge in [0, 0.05) is 10.9 Å². The zero-order valence-electron chi connectivity index (χ0n) is 13.2. The highest BCUT2D eigenvalue weighted by molar-refractivity contribution is 5.90. The maximum Gasteiger partial charge on any atom is 0.205 e. The number of benzene rings is 3. The fraction of sp³-hybridized carbons (Fsp3) is 0.0476. The minimum Gasteiger partial charge on any atom is -0.440 e. The monoisotopic (exact) mass is 323 g/mol. The van der Waals surface area contributed by atoms with Crippen LogP contribution in [0, 0.1) is 22.7 Å². The molecule has 0 saturated carbocycles. The van der Waals surface area contributed by atoms with Crippen molar-refractivity contribution in [3.8, 4) is 17.9 Å². The standard InChI is InChI=1S/C21H13N3O/c22-11-13-5-7-15(8-6-13)19-17-10-9-14-3-1-2-4-16(14)20(17)25-21(24)18(19)12-23/h1-10,19H,24H2. The van der Waals surface area contributed by atoms with Crippen molar-refractivity contribution >= 4 is 10.8 Å². The quantitative estimate of drug-likeness (QED) is 0.735. The van der Waals surface area contributed by atoms with E-state index >= 15 is 0 Å². The molecule has 3 aromatic carbocycles. The van der Waals surface area contributed by atoms with Crippen LogP contribution in [0.5, 0.6) is 5.75 Å². The van der Waals surface area contributed by atoms with Gasteiger partial charge in [0.05, 0.1) is 17.6 Å².